The molecule has 2 aromatic rings. The van der Waals surface area contributed by atoms with Gasteiger partial charge < -0.3 is 14.8 Å². The van der Waals surface area contributed by atoms with Crippen LogP contribution >= 0.6 is 0 Å². The zero-order valence-corrected chi connectivity index (χ0v) is 17.0. The van der Waals surface area contributed by atoms with E-state index in [9.17, 15) is 4.79 Å². The molecule has 1 fully saturated rings. The van der Waals surface area contributed by atoms with Crippen LogP contribution < -0.4 is 10.1 Å². The molecule has 1 atom stereocenters. The number of ether oxygens (including phenoxy) is 2. The van der Waals surface area contributed by atoms with E-state index in [0.29, 0.717) is 0 Å². The molecule has 3 rings (SSSR count). The van der Waals surface area contributed by atoms with E-state index in [1.807, 2.05) is 25.1 Å². The number of benzene rings is 2. The second-order valence-electron chi connectivity index (χ2n) is 7.48. The molecule has 0 aromatic heterocycles. The summed E-state index contributed by atoms with van der Waals surface area (Å²) in [5.74, 6) is 0.607. The molecule has 2 aromatic carbocycles. The van der Waals surface area contributed by atoms with Crippen molar-refractivity contribution in [3.8, 4) is 5.75 Å². The van der Waals surface area contributed by atoms with Crippen molar-refractivity contribution in [1.82, 2.24) is 10.2 Å². The summed E-state index contributed by atoms with van der Waals surface area (Å²) in [6, 6.07) is 14.1. The minimum absolute atomic E-state index is 0.00791. The van der Waals surface area contributed by atoms with E-state index in [-0.39, 0.29) is 18.6 Å². The fourth-order valence-electron chi connectivity index (χ4n) is 3.26. The number of nitrogens with one attached hydrogen (secondary N) is 1. The molecule has 0 bridgehead atoms. The quantitative estimate of drug-likeness (QED) is 0.799. The zero-order valence-electron chi connectivity index (χ0n) is 17.0. The summed E-state index contributed by atoms with van der Waals surface area (Å²) >= 11 is 0. The molecule has 0 spiro atoms. The monoisotopic (exact) mass is 382 g/mol. The number of carbonyl (C=O) groups is 1. The van der Waals surface area contributed by atoms with Gasteiger partial charge in [0.25, 0.3) is 5.91 Å². The maximum absolute atomic E-state index is 12.6. The Morgan fingerprint density at radius 2 is 1.79 bits per heavy atom. The van der Waals surface area contributed by atoms with Crippen LogP contribution in [0.5, 0.6) is 5.75 Å². The lowest BCUT2D eigenvalue weighted by atomic mass is 10.0. The van der Waals surface area contributed by atoms with Crippen molar-refractivity contribution < 1.29 is 14.3 Å². The second kappa shape index (κ2) is 9.71. The largest absolute Gasteiger partial charge is 0.484 e. The molecular weight excluding hydrogens is 352 g/mol. The van der Waals surface area contributed by atoms with E-state index in [1.54, 1.807) is 0 Å². The molecule has 1 N–H and O–H groups in total. The first-order valence-electron chi connectivity index (χ1n) is 9.87. The highest BCUT2D eigenvalue weighted by Gasteiger charge is 2.20. The zero-order chi connectivity index (χ0) is 19.9. The van der Waals surface area contributed by atoms with Crippen LogP contribution in [0.25, 0.3) is 0 Å². The fraction of sp³-hybridized carbons (Fsp3) is 0.435. The molecule has 0 aliphatic carbocycles. The third kappa shape index (κ3) is 5.81. The van der Waals surface area contributed by atoms with E-state index in [0.717, 1.165) is 49.7 Å². The van der Waals surface area contributed by atoms with Crippen LogP contribution in [0.4, 0.5) is 0 Å². The van der Waals surface area contributed by atoms with Gasteiger partial charge in [0, 0.05) is 19.6 Å². The first-order valence-corrected chi connectivity index (χ1v) is 9.87. The molecule has 5 heteroatoms. The maximum atomic E-state index is 12.6. The van der Waals surface area contributed by atoms with Crippen molar-refractivity contribution in [3.05, 3.63) is 64.7 Å². The van der Waals surface area contributed by atoms with Gasteiger partial charge in [-0.25, -0.2) is 0 Å². The van der Waals surface area contributed by atoms with Crippen LogP contribution in [0.1, 0.15) is 28.3 Å². The number of amides is 1. The summed E-state index contributed by atoms with van der Waals surface area (Å²) in [7, 11) is 0. The van der Waals surface area contributed by atoms with Crippen LogP contribution in [0.15, 0.2) is 42.5 Å². The van der Waals surface area contributed by atoms with Crippen molar-refractivity contribution in [1.29, 1.82) is 0 Å². The molecule has 1 aliphatic rings. The first kappa shape index (κ1) is 20.4. The number of hydrogen-bond acceptors (Lipinski definition) is 4. The number of hydrogen-bond donors (Lipinski definition) is 1. The summed E-state index contributed by atoms with van der Waals surface area (Å²) in [6.07, 6.45) is 0. The number of rotatable bonds is 7. The van der Waals surface area contributed by atoms with Gasteiger partial charge in [0.2, 0.25) is 0 Å². The Hall–Kier alpha value is -2.37. The molecule has 0 radical (unpaired) electrons. The maximum Gasteiger partial charge on any atom is 0.258 e. The Bertz CT molecular complexity index is 783. The number of carbonyl (C=O) groups excluding carboxylic acids is 1. The highest BCUT2D eigenvalue weighted by atomic mass is 16.5. The summed E-state index contributed by atoms with van der Waals surface area (Å²) in [6.45, 7) is 10.2. The van der Waals surface area contributed by atoms with E-state index in [4.69, 9.17) is 9.47 Å². The minimum atomic E-state index is -0.114. The predicted molar refractivity (Wildman–Crippen MR) is 111 cm³/mol. The van der Waals surface area contributed by atoms with E-state index < -0.39 is 0 Å². The van der Waals surface area contributed by atoms with Crippen molar-refractivity contribution in [2.75, 3.05) is 39.5 Å². The standard InChI is InChI=1S/C23H30N2O3/c1-17-4-7-20(8-5-17)22(15-25-10-12-27-13-11-25)24-23(26)16-28-21-9-6-18(2)19(3)14-21/h4-9,14,22H,10-13,15-16H2,1-3H3,(H,24,26)/t22-/m0/s1. The second-order valence-corrected chi connectivity index (χ2v) is 7.48. The Kier molecular flexibility index (Phi) is 7.06. The highest BCUT2D eigenvalue weighted by Crippen LogP contribution is 2.18. The molecule has 0 saturated carbocycles. The van der Waals surface area contributed by atoms with Crippen LogP contribution in [-0.2, 0) is 9.53 Å². The SMILES string of the molecule is Cc1ccc([C@H](CN2CCOCC2)NC(=O)COc2ccc(C)c(C)c2)cc1. The Morgan fingerprint density at radius 1 is 1.07 bits per heavy atom. The van der Waals surface area contributed by atoms with Gasteiger partial charge in [0.1, 0.15) is 5.75 Å². The Balaban J connectivity index is 1.62. The molecule has 1 aliphatic heterocycles. The molecule has 0 unspecified atom stereocenters. The molecule has 28 heavy (non-hydrogen) atoms. The molecule has 150 valence electrons. The molecule has 1 heterocycles. The average molecular weight is 383 g/mol. The lowest BCUT2D eigenvalue weighted by Gasteiger charge is -2.31. The van der Waals surface area contributed by atoms with Crippen LogP contribution in [0.3, 0.4) is 0 Å². The van der Waals surface area contributed by atoms with Crippen molar-refractivity contribution >= 4 is 5.91 Å². The van der Waals surface area contributed by atoms with Gasteiger partial charge in [-0.15, -0.1) is 0 Å². The van der Waals surface area contributed by atoms with Crippen molar-refractivity contribution in [2.24, 2.45) is 0 Å². The fourth-order valence-corrected chi connectivity index (χ4v) is 3.26. The van der Waals surface area contributed by atoms with E-state index >= 15 is 0 Å². The highest BCUT2D eigenvalue weighted by molar-refractivity contribution is 5.78. The van der Waals surface area contributed by atoms with Gasteiger partial charge in [0.15, 0.2) is 6.61 Å². The lowest BCUT2D eigenvalue weighted by Crippen LogP contribution is -2.44. The first-order chi connectivity index (χ1) is 13.5. The van der Waals surface area contributed by atoms with Gasteiger partial charge in [0.05, 0.1) is 19.3 Å². The van der Waals surface area contributed by atoms with Crippen molar-refractivity contribution in [2.45, 2.75) is 26.8 Å². The minimum Gasteiger partial charge on any atom is -0.484 e. The topological polar surface area (TPSA) is 50.8 Å². The van der Waals surface area contributed by atoms with Gasteiger partial charge in [-0.2, -0.15) is 0 Å². The normalized spacial score (nSPS) is 15.8. The molecular formula is C23H30N2O3. The van der Waals surface area contributed by atoms with Crippen LogP contribution in [-0.4, -0.2) is 50.3 Å². The molecule has 1 saturated heterocycles. The van der Waals surface area contributed by atoms with E-state index in [1.165, 1.54) is 11.1 Å². The summed E-state index contributed by atoms with van der Waals surface area (Å²) in [5.41, 5.74) is 4.68. The summed E-state index contributed by atoms with van der Waals surface area (Å²) in [5, 5.41) is 3.15. The van der Waals surface area contributed by atoms with Gasteiger partial charge in [-0.1, -0.05) is 35.9 Å². The summed E-state index contributed by atoms with van der Waals surface area (Å²) < 4.78 is 11.1. The molecule has 5 nitrogen and oxygen atoms in total. The number of nitrogens with zero attached hydrogens (tertiary/aromatic N) is 1. The third-order valence-electron chi connectivity index (χ3n) is 5.21. The van der Waals surface area contributed by atoms with E-state index in [2.05, 4.69) is 48.3 Å². The average Bonchev–Trinajstić information content (AvgIpc) is 2.70. The Morgan fingerprint density at radius 3 is 2.46 bits per heavy atom. The molecule has 1 amide bonds. The lowest BCUT2D eigenvalue weighted by molar-refractivity contribution is -0.124. The van der Waals surface area contributed by atoms with Gasteiger partial charge in [-0.3, -0.25) is 9.69 Å². The summed E-state index contributed by atoms with van der Waals surface area (Å²) in [4.78, 5) is 14.9. The van der Waals surface area contributed by atoms with Gasteiger partial charge >= 0.3 is 0 Å². The third-order valence-corrected chi connectivity index (χ3v) is 5.21. The van der Waals surface area contributed by atoms with Gasteiger partial charge in [-0.05, 0) is 49.6 Å². The predicted octanol–water partition coefficient (Wildman–Crippen LogP) is 3.18. The smallest absolute Gasteiger partial charge is 0.258 e. The van der Waals surface area contributed by atoms with Crippen LogP contribution in [0.2, 0.25) is 0 Å². The number of morpholine rings is 1. The van der Waals surface area contributed by atoms with Crippen molar-refractivity contribution in [3.63, 3.8) is 0 Å². The Labute approximate surface area is 167 Å². The van der Waals surface area contributed by atoms with Crippen LogP contribution in [0, 0.1) is 20.8 Å². The number of aryl methyl sites for hydroxylation is 3.